The number of nitrogens with zero attached hydrogens (tertiary/aromatic N) is 3. The van der Waals surface area contributed by atoms with Crippen LogP contribution in [0.3, 0.4) is 0 Å². The van der Waals surface area contributed by atoms with Gasteiger partial charge in [-0.1, -0.05) is 0 Å². The van der Waals surface area contributed by atoms with Gasteiger partial charge in [0.2, 0.25) is 5.95 Å². The Morgan fingerprint density at radius 2 is 2.14 bits per heavy atom. The number of aromatic nitrogens is 3. The van der Waals surface area contributed by atoms with E-state index in [0.29, 0.717) is 12.0 Å². The highest BCUT2D eigenvalue weighted by Crippen LogP contribution is 2.10. The van der Waals surface area contributed by atoms with Crippen LogP contribution in [-0.4, -0.2) is 39.2 Å². The van der Waals surface area contributed by atoms with Gasteiger partial charge in [0.1, 0.15) is 5.82 Å². The largest absolute Gasteiger partial charge is 0.367 e. The zero-order valence-electron chi connectivity index (χ0n) is 8.11. The van der Waals surface area contributed by atoms with E-state index in [1.54, 1.807) is 0 Å². The minimum Gasteiger partial charge on any atom is -0.367 e. The van der Waals surface area contributed by atoms with Gasteiger partial charge in [-0.3, -0.25) is 10.00 Å². The number of aromatic amines is 1. The molecular weight excluding hydrogens is 180 g/mol. The van der Waals surface area contributed by atoms with Crippen molar-refractivity contribution in [2.24, 2.45) is 5.73 Å². The Morgan fingerprint density at radius 1 is 1.43 bits per heavy atom. The highest BCUT2D eigenvalue weighted by atomic mass is 15.3. The number of hydrogen-bond donors (Lipinski definition) is 3. The minimum absolute atomic E-state index is 0.314. The third-order valence-electron chi connectivity index (χ3n) is 2.55. The summed E-state index contributed by atoms with van der Waals surface area (Å²) in [6.07, 6.45) is 2.12. The second-order valence-corrected chi connectivity index (χ2v) is 3.75. The van der Waals surface area contributed by atoms with Crippen LogP contribution in [0.15, 0.2) is 0 Å². The minimum atomic E-state index is 0.314. The summed E-state index contributed by atoms with van der Waals surface area (Å²) in [5.74, 6) is 1.15. The molecule has 78 valence electrons. The molecule has 0 spiro atoms. The fourth-order valence-electron chi connectivity index (χ4n) is 1.70. The highest BCUT2D eigenvalue weighted by Gasteiger charge is 2.16. The van der Waals surface area contributed by atoms with Gasteiger partial charge in [0, 0.05) is 19.1 Å². The summed E-state index contributed by atoms with van der Waals surface area (Å²) >= 11 is 0. The van der Waals surface area contributed by atoms with Gasteiger partial charge in [-0.15, -0.1) is 5.10 Å². The molecule has 1 aliphatic heterocycles. The third-order valence-corrected chi connectivity index (χ3v) is 2.55. The van der Waals surface area contributed by atoms with Gasteiger partial charge < -0.3 is 11.5 Å². The summed E-state index contributed by atoms with van der Waals surface area (Å²) in [6, 6.07) is 0.367. The maximum atomic E-state index is 5.81. The molecule has 0 bridgehead atoms. The van der Waals surface area contributed by atoms with Crippen LogP contribution in [0.1, 0.15) is 18.7 Å². The maximum absolute atomic E-state index is 5.81. The molecule has 1 fully saturated rings. The van der Waals surface area contributed by atoms with Gasteiger partial charge in [-0.2, -0.15) is 4.98 Å². The highest BCUT2D eigenvalue weighted by molar-refractivity contribution is 5.12. The number of H-pyrrole nitrogens is 1. The van der Waals surface area contributed by atoms with Crippen LogP contribution in [0.4, 0.5) is 5.95 Å². The van der Waals surface area contributed by atoms with E-state index >= 15 is 0 Å². The zero-order valence-corrected chi connectivity index (χ0v) is 8.11. The lowest BCUT2D eigenvalue weighted by molar-refractivity contribution is 0.201. The molecule has 0 aromatic carbocycles. The van der Waals surface area contributed by atoms with E-state index in [-0.39, 0.29) is 0 Å². The molecule has 0 atom stereocenters. The van der Waals surface area contributed by atoms with Crippen LogP contribution < -0.4 is 11.5 Å². The van der Waals surface area contributed by atoms with Gasteiger partial charge in [0.05, 0.1) is 6.54 Å². The molecule has 0 saturated carbocycles. The van der Waals surface area contributed by atoms with Crippen molar-refractivity contribution in [2.45, 2.75) is 25.4 Å². The average Bonchev–Trinajstić information content (AvgIpc) is 2.56. The van der Waals surface area contributed by atoms with Crippen molar-refractivity contribution in [2.75, 3.05) is 18.8 Å². The van der Waals surface area contributed by atoms with Crippen LogP contribution in [0.25, 0.3) is 0 Å². The number of nitrogen functional groups attached to an aromatic ring is 1. The van der Waals surface area contributed by atoms with Gasteiger partial charge >= 0.3 is 0 Å². The molecule has 2 heterocycles. The van der Waals surface area contributed by atoms with E-state index in [4.69, 9.17) is 11.5 Å². The Labute approximate surface area is 82.7 Å². The van der Waals surface area contributed by atoms with Gasteiger partial charge in [0.25, 0.3) is 0 Å². The van der Waals surface area contributed by atoms with Crippen LogP contribution >= 0.6 is 0 Å². The molecule has 14 heavy (non-hydrogen) atoms. The van der Waals surface area contributed by atoms with E-state index in [9.17, 15) is 0 Å². The molecule has 1 aliphatic rings. The summed E-state index contributed by atoms with van der Waals surface area (Å²) in [5, 5.41) is 6.59. The first kappa shape index (κ1) is 9.42. The van der Waals surface area contributed by atoms with E-state index < -0.39 is 0 Å². The van der Waals surface area contributed by atoms with Crippen molar-refractivity contribution < 1.29 is 0 Å². The predicted octanol–water partition coefficient (Wildman–Crippen LogP) is -0.690. The SMILES string of the molecule is Nc1n[nH]c(CN2CCC(N)CC2)n1. The van der Waals surface area contributed by atoms with Crippen molar-refractivity contribution in [3.8, 4) is 0 Å². The van der Waals surface area contributed by atoms with Crippen LogP contribution in [-0.2, 0) is 6.54 Å². The molecular formula is C8H16N6. The summed E-state index contributed by atoms with van der Waals surface area (Å²) in [7, 11) is 0. The molecule has 0 aliphatic carbocycles. The lowest BCUT2D eigenvalue weighted by Crippen LogP contribution is -2.39. The average molecular weight is 196 g/mol. The molecule has 6 heteroatoms. The zero-order chi connectivity index (χ0) is 9.97. The lowest BCUT2D eigenvalue weighted by atomic mass is 10.1. The molecule has 0 radical (unpaired) electrons. The quantitative estimate of drug-likeness (QED) is 0.581. The Balaban J connectivity index is 1.86. The van der Waals surface area contributed by atoms with Crippen LogP contribution in [0.2, 0.25) is 0 Å². The summed E-state index contributed by atoms with van der Waals surface area (Å²) in [6.45, 7) is 2.85. The first-order chi connectivity index (χ1) is 6.74. The molecule has 0 amide bonds. The standard InChI is InChI=1S/C8H16N6/c9-6-1-3-14(4-2-6)5-7-11-8(10)13-12-7/h6H,1-5,9H2,(H3,10,11,12,13). The van der Waals surface area contributed by atoms with Crippen molar-refractivity contribution in [3.63, 3.8) is 0 Å². The lowest BCUT2D eigenvalue weighted by Gasteiger charge is -2.28. The number of rotatable bonds is 2. The fraction of sp³-hybridized carbons (Fsp3) is 0.750. The molecule has 1 aromatic rings. The van der Waals surface area contributed by atoms with Crippen LogP contribution in [0, 0.1) is 0 Å². The smallest absolute Gasteiger partial charge is 0.239 e. The van der Waals surface area contributed by atoms with E-state index in [2.05, 4.69) is 20.1 Å². The van der Waals surface area contributed by atoms with Gasteiger partial charge in [-0.05, 0) is 12.8 Å². The van der Waals surface area contributed by atoms with Crippen molar-refractivity contribution in [1.82, 2.24) is 20.1 Å². The monoisotopic (exact) mass is 196 g/mol. The Kier molecular flexibility index (Phi) is 2.64. The maximum Gasteiger partial charge on any atom is 0.239 e. The number of nitrogens with one attached hydrogen (secondary N) is 1. The van der Waals surface area contributed by atoms with Gasteiger partial charge in [0.15, 0.2) is 0 Å². The number of nitrogens with two attached hydrogens (primary N) is 2. The fourth-order valence-corrected chi connectivity index (χ4v) is 1.70. The number of hydrogen-bond acceptors (Lipinski definition) is 5. The summed E-state index contributed by atoms with van der Waals surface area (Å²) < 4.78 is 0. The van der Waals surface area contributed by atoms with Crippen LogP contribution in [0.5, 0.6) is 0 Å². The van der Waals surface area contributed by atoms with Gasteiger partial charge in [-0.25, -0.2) is 0 Å². The van der Waals surface area contributed by atoms with Crippen molar-refractivity contribution in [1.29, 1.82) is 0 Å². The molecule has 1 saturated heterocycles. The summed E-state index contributed by atoms with van der Waals surface area (Å²) in [5.41, 5.74) is 11.2. The Bertz CT molecular complexity index is 288. The summed E-state index contributed by atoms with van der Waals surface area (Å²) in [4.78, 5) is 6.37. The molecule has 5 N–H and O–H groups in total. The normalized spacial score (nSPS) is 20.1. The molecule has 0 unspecified atom stereocenters. The second kappa shape index (κ2) is 3.93. The van der Waals surface area contributed by atoms with E-state index in [0.717, 1.165) is 38.3 Å². The molecule has 6 nitrogen and oxygen atoms in total. The van der Waals surface area contributed by atoms with Crippen molar-refractivity contribution in [3.05, 3.63) is 5.82 Å². The number of piperidine rings is 1. The first-order valence-electron chi connectivity index (χ1n) is 4.89. The Morgan fingerprint density at radius 3 is 2.71 bits per heavy atom. The molecule has 1 aromatic heterocycles. The molecule has 2 rings (SSSR count). The second-order valence-electron chi connectivity index (χ2n) is 3.75. The number of anilines is 1. The van der Waals surface area contributed by atoms with Crippen molar-refractivity contribution >= 4 is 5.95 Å². The topological polar surface area (TPSA) is 96.8 Å². The third kappa shape index (κ3) is 2.21. The Hall–Kier alpha value is -1.14. The predicted molar refractivity (Wildman–Crippen MR) is 53.3 cm³/mol. The number of likely N-dealkylation sites (tertiary alicyclic amines) is 1. The van der Waals surface area contributed by atoms with E-state index in [1.165, 1.54) is 0 Å². The van der Waals surface area contributed by atoms with E-state index in [1.807, 2.05) is 0 Å². The first-order valence-corrected chi connectivity index (χ1v) is 4.89.